The lowest BCUT2D eigenvalue weighted by atomic mass is 10.0. The van der Waals surface area contributed by atoms with Gasteiger partial charge in [-0.1, -0.05) is 24.3 Å². The Hall–Kier alpha value is -2.41. The van der Waals surface area contributed by atoms with Crippen molar-refractivity contribution >= 4 is 5.69 Å². The highest BCUT2D eigenvalue weighted by atomic mass is 19.4. The molecule has 28 heavy (non-hydrogen) atoms. The van der Waals surface area contributed by atoms with Gasteiger partial charge in [-0.3, -0.25) is 0 Å². The molecule has 2 N–H and O–H groups in total. The molecule has 1 unspecified atom stereocenters. The molecular formula is C21H25F3N2O2. The van der Waals surface area contributed by atoms with E-state index in [4.69, 9.17) is 9.47 Å². The highest BCUT2D eigenvalue weighted by Crippen LogP contribution is 2.28. The van der Waals surface area contributed by atoms with Gasteiger partial charge < -0.3 is 20.1 Å². The van der Waals surface area contributed by atoms with Crippen molar-refractivity contribution in [3.05, 3.63) is 53.6 Å². The summed E-state index contributed by atoms with van der Waals surface area (Å²) < 4.78 is 47.4. The molecule has 1 aliphatic rings. The molecule has 0 aliphatic carbocycles. The second-order valence-corrected chi connectivity index (χ2v) is 6.93. The van der Waals surface area contributed by atoms with E-state index in [0.717, 1.165) is 19.4 Å². The zero-order chi connectivity index (χ0) is 20.0. The molecule has 0 bridgehead atoms. The fourth-order valence-electron chi connectivity index (χ4n) is 3.23. The first-order valence-electron chi connectivity index (χ1n) is 9.41. The van der Waals surface area contributed by atoms with Gasteiger partial charge in [0.2, 0.25) is 0 Å². The van der Waals surface area contributed by atoms with Crippen molar-refractivity contribution in [3.8, 4) is 11.5 Å². The number of nitrogens with one attached hydrogen (secondary N) is 2. The summed E-state index contributed by atoms with van der Waals surface area (Å²) in [5.74, 6) is 0.409. The third kappa shape index (κ3) is 6.05. The summed E-state index contributed by atoms with van der Waals surface area (Å²) in [6.45, 7) is 2.69. The quantitative estimate of drug-likeness (QED) is 0.626. The van der Waals surface area contributed by atoms with E-state index in [1.807, 2.05) is 0 Å². The third-order valence-electron chi connectivity index (χ3n) is 4.51. The number of fused-ring (bicyclic) bond motifs is 1. The summed E-state index contributed by atoms with van der Waals surface area (Å²) >= 11 is 0. The van der Waals surface area contributed by atoms with Gasteiger partial charge in [-0.25, -0.2) is 0 Å². The zero-order valence-electron chi connectivity index (χ0n) is 15.8. The average molecular weight is 394 g/mol. The van der Waals surface area contributed by atoms with Crippen molar-refractivity contribution in [3.63, 3.8) is 0 Å². The van der Waals surface area contributed by atoms with Crippen LogP contribution in [-0.2, 0) is 12.8 Å². The molecule has 2 aromatic carbocycles. The molecule has 0 aromatic heterocycles. The predicted molar refractivity (Wildman–Crippen MR) is 103 cm³/mol. The van der Waals surface area contributed by atoms with Gasteiger partial charge in [-0.05, 0) is 49.1 Å². The monoisotopic (exact) mass is 394 g/mol. The van der Waals surface area contributed by atoms with Gasteiger partial charge in [-0.2, -0.15) is 13.2 Å². The van der Waals surface area contributed by atoms with Crippen LogP contribution >= 0.6 is 0 Å². The average Bonchev–Trinajstić information content (AvgIpc) is 3.11. The molecule has 1 heterocycles. The Bertz CT molecular complexity index is 780. The number of halogens is 3. The molecule has 3 rings (SSSR count). The lowest BCUT2D eigenvalue weighted by molar-refractivity contribution is -0.153. The van der Waals surface area contributed by atoms with Gasteiger partial charge in [0.05, 0.1) is 0 Å². The highest BCUT2D eigenvalue weighted by molar-refractivity contribution is 5.56. The van der Waals surface area contributed by atoms with Crippen molar-refractivity contribution in [2.24, 2.45) is 0 Å². The first-order chi connectivity index (χ1) is 13.4. The molecule has 0 amide bonds. The van der Waals surface area contributed by atoms with E-state index < -0.39 is 12.8 Å². The molecule has 1 aliphatic heterocycles. The van der Waals surface area contributed by atoms with Gasteiger partial charge in [-0.15, -0.1) is 0 Å². The number of rotatable bonds is 9. The van der Waals surface area contributed by atoms with Crippen molar-refractivity contribution in [2.75, 3.05) is 31.6 Å². The van der Waals surface area contributed by atoms with E-state index in [1.165, 1.54) is 22.9 Å². The van der Waals surface area contributed by atoms with Crippen LogP contribution in [0, 0.1) is 0 Å². The van der Waals surface area contributed by atoms with Gasteiger partial charge in [0.25, 0.3) is 0 Å². The molecular weight excluding hydrogens is 369 g/mol. The molecule has 0 saturated heterocycles. The van der Waals surface area contributed by atoms with Gasteiger partial charge in [0.15, 0.2) is 18.1 Å². The van der Waals surface area contributed by atoms with Crippen LogP contribution in [0.5, 0.6) is 11.5 Å². The lowest BCUT2D eigenvalue weighted by Crippen LogP contribution is -2.31. The second kappa shape index (κ2) is 9.19. The van der Waals surface area contributed by atoms with Crippen LogP contribution in [0.3, 0.4) is 0 Å². The molecule has 7 heteroatoms. The zero-order valence-corrected chi connectivity index (χ0v) is 15.8. The minimum Gasteiger partial charge on any atom is -0.488 e. The Balaban J connectivity index is 1.42. The predicted octanol–water partition coefficient (Wildman–Crippen LogP) is 4.20. The molecule has 2 aromatic rings. The Morgan fingerprint density at radius 3 is 2.61 bits per heavy atom. The molecule has 152 valence electrons. The normalized spacial score (nSPS) is 14.3. The SMILES string of the molecule is CC(Cc1ccc2c(c1)CCN2)NCCOc1ccccc1OCC(F)(F)F. The molecule has 0 saturated carbocycles. The molecule has 0 radical (unpaired) electrons. The van der Waals surface area contributed by atoms with Crippen LogP contribution < -0.4 is 20.1 Å². The third-order valence-corrected chi connectivity index (χ3v) is 4.51. The maximum Gasteiger partial charge on any atom is 0.422 e. The Labute approximate surface area is 163 Å². The molecule has 4 nitrogen and oxygen atoms in total. The fourth-order valence-corrected chi connectivity index (χ4v) is 3.23. The van der Waals surface area contributed by atoms with E-state index in [2.05, 4.69) is 35.8 Å². The van der Waals surface area contributed by atoms with Crippen LogP contribution in [0.2, 0.25) is 0 Å². The van der Waals surface area contributed by atoms with E-state index in [0.29, 0.717) is 18.9 Å². The number of alkyl halides is 3. The van der Waals surface area contributed by atoms with Crippen LogP contribution in [0.15, 0.2) is 42.5 Å². The maximum atomic E-state index is 12.3. The molecule has 0 spiro atoms. The Morgan fingerprint density at radius 2 is 1.86 bits per heavy atom. The summed E-state index contributed by atoms with van der Waals surface area (Å²) in [6, 6.07) is 13.2. The van der Waals surface area contributed by atoms with Crippen molar-refractivity contribution in [1.29, 1.82) is 0 Å². The minimum atomic E-state index is -4.38. The number of hydrogen-bond donors (Lipinski definition) is 2. The summed E-state index contributed by atoms with van der Waals surface area (Å²) in [5, 5.41) is 6.74. The van der Waals surface area contributed by atoms with Crippen molar-refractivity contribution in [2.45, 2.75) is 32.0 Å². The van der Waals surface area contributed by atoms with E-state index >= 15 is 0 Å². The van der Waals surface area contributed by atoms with Gasteiger partial charge in [0, 0.05) is 24.8 Å². The van der Waals surface area contributed by atoms with Crippen LogP contribution in [0.1, 0.15) is 18.1 Å². The smallest absolute Gasteiger partial charge is 0.422 e. The van der Waals surface area contributed by atoms with E-state index in [1.54, 1.807) is 18.2 Å². The van der Waals surface area contributed by atoms with Crippen molar-refractivity contribution in [1.82, 2.24) is 5.32 Å². The fraction of sp³-hybridized carbons (Fsp3) is 0.429. The summed E-state index contributed by atoms with van der Waals surface area (Å²) in [7, 11) is 0. The minimum absolute atomic E-state index is 0.0969. The van der Waals surface area contributed by atoms with Gasteiger partial charge >= 0.3 is 6.18 Å². The van der Waals surface area contributed by atoms with Crippen molar-refractivity contribution < 1.29 is 22.6 Å². The van der Waals surface area contributed by atoms with E-state index in [-0.39, 0.29) is 11.8 Å². The summed E-state index contributed by atoms with van der Waals surface area (Å²) in [5.41, 5.74) is 3.88. The lowest BCUT2D eigenvalue weighted by Gasteiger charge is -2.16. The van der Waals surface area contributed by atoms with E-state index in [9.17, 15) is 13.2 Å². The van der Waals surface area contributed by atoms with Crippen LogP contribution in [0.4, 0.5) is 18.9 Å². The number of ether oxygens (including phenoxy) is 2. The number of para-hydroxylation sites is 2. The maximum absolute atomic E-state index is 12.3. The number of anilines is 1. The molecule has 0 fully saturated rings. The largest absolute Gasteiger partial charge is 0.488 e. The number of hydrogen-bond acceptors (Lipinski definition) is 4. The van der Waals surface area contributed by atoms with Crippen LogP contribution in [-0.4, -0.2) is 38.5 Å². The molecule has 1 atom stereocenters. The Morgan fingerprint density at radius 1 is 1.11 bits per heavy atom. The standard InChI is InChI=1S/C21H25F3N2O2/c1-15(12-16-6-7-18-17(13-16)8-9-26-18)25-10-11-27-19-4-2-3-5-20(19)28-14-21(22,23)24/h2-7,13,15,25-26H,8-12,14H2,1H3. The topological polar surface area (TPSA) is 42.5 Å². The number of benzene rings is 2. The Kier molecular flexibility index (Phi) is 6.67. The van der Waals surface area contributed by atoms with Gasteiger partial charge in [0.1, 0.15) is 6.61 Å². The van der Waals surface area contributed by atoms with Crippen LogP contribution in [0.25, 0.3) is 0 Å². The second-order valence-electron chi connectivity index (χ2n) is 6.93. The summed E-state index contributed by atoms with van der Waals surface area (Å²) in [6.07, 6.45) is -2.41. The summed E-state index contributed by atoms with van der Waals surface area (Å²) in [4.78, 5) is 0. The first-order valence-corrected chi connectivity index (χ1v) is 9.41. The highest BCUT2D eigenvalue weighted by Gasteiger charge is 2.28. The first kappa shape index (κ1) is 20.3.